The van der Waals surface area contributed by atoms with Crippen molar-refractivity contribution in [2.24, 2.45) is 0 Å². The number of nitrogens with one attached hydrogen (secondary N) is 1. The summed E-state index contributed by atoms with van der Waals surface area (Å²) in [6.45, 7) is 6.83. The van der Waals surface area contributed by atoms with Crippen LogP contribution < -0.4 is 19.5 Å². The van der Waals surface area contributed by atoms with Gasteiger partial charge in [0, 0.05) is 18.2 Å². The van der Waals surface area contributed by atoms with Crippen LogP contribution in [0.2, 0.25) is 0 Å². The van der Waals surface area contributed by atoms with Crippen LogP contribution in [-0.2, 0) is 0 Å². The van der Waals surface area contributed by atoms with Gasteiger partial charge in [-0.15, -0.1) is 0 Å². The maximum atomic E-state index is 12.4. The van der Waals surface area contributed by atoms with Gasteiger partial charge in [0.2, 0.25) is 0 Å². The largest absolute Gasteiger partial charge is 0.494 e. The summed E-state index contributed by atoms with van der Waals surface area (Å²) in [5, 5.41) is 12.8. The number of aliphatic hydroxyl groups excluding tert-OH is 1. The number of hydrogen-bond acceptors (Lipinski definition) is 5. The zero-order chi connectivity index (χ0) is 19.6. The summed E-state index contributed by atoms with van der Waals surface area (Å²) in [4.78, 5) is 12.4. The van der Waals surface area contributed by atoms with Gasteiger partial charge < -0.3 is 24.6 Å². The van der Waals surface area contributed by atoms with Gasteiger partial charge in [-0.3, -0.25) is 4.79 Å². The molecule has 0 aliphatic carbocycles. The van der Waals surface area contributed by atoms with E-state index in [1.54, 1.807) is 18.2 Å². The molecule has 0 radical (unpaired) electrons. The average Bonchev–Trinajstić information content (AvgIpc) is 2.66. The lowest BCUT2D eigenvalue weighted by molar-refractivity contribution is 0.0842. The van der Waals surface area contributed by atoms with Crippen LogP contribution in [0.25, 0.3) is 0 Å². The molecule has 0 aliphatic rings. The predicted molar refractivity (Wildman–Crippen MR) is 104 cm³/mol. The Bertz CT molecular complexity index is 723. The Hall–Kier alpha value is -2.73. The second-order valence-corrected chi connectivity index (χ2v) is 6.00. The van der Waals surface area contributed by atoms with Crippen molar-refractivity contribution in [1.29, 1.82) is 0 Å². The number of aryl methyl sites for hydroxylation is 1. The van der Waals surface area contributed by atoms with Crippen LogP contribution in [0.1, 0.15) is 29.8 Å². The molecule has 2 aromatic carbocycles. The Morgan fingerprint density at radius 1 is 1.04 bits per heavy atom. The molecular formula is C21H27NO5. The van der Waals surface area contributed by atoms with Crippen molar-refractivity contribution < 1.29 is 24.1 Å². The van der Waals surface area contributed by atoms with Crippen LogP contribution >= 0.6 is 0 Å². The van der Waals surface area contributed by atoms with Gasteiger partial charge in [-0.25, -0.2) is 0 Å². The monoisotopic (exact) mass is 373 g/mol. The third kappa shape index (κ3) is 6.49. The molecule has 27 heavy (non-hydrogen) atoms. The summed E-state index contributed by atoms with van der Waals surface area (Å²) in [6, 6.07) is 12.6. The van der Waals surface area contributed by atoms with E-state index in [1.165, 1.54) is 0 Å². The van der Waals surface area contributed by atoms with Crippen molar-refractivity contribution in [2.75, 3.05) is 26.4 Å². The lowest BCUT2D eigenvalue weighted by atomic mass is 10.2. The van der Waals surface area contributed by atoms with Gasteiger partial charge >= 0.3 is 0 Å². The lowest BCUT2D eigenvalue weighted by Crippen LogP contribution is -2.35. The molecule has 0 heterocycles. The topological polar surface area (TPSA) is 77.0 Å². The molecule has 0 aliphatic heterocycles. The molecule has 1 unspecified atom stereocenters. The average molecular weight is 373 g/mol. The Morgan fingerprint density at radius 3 is 2.26 bits per heavy atom. The SMILES string of the molecule is CCOc1cc(OCC)cc(C(=O)NCC(O)COc2ccccc2C)c1. The number of carbonyl (C=O) groups excluding carboxylic acids is 1. The summed E-state index contributed by atoms with van der Waals surface area (Å²) in [5.41, 5.74) is 1.40. The summed E-state index contributed by atoms with van der Waals surface area (Å²) >= 11 is 0. The number of amides is 1. The third-order valence-electron chi connectivity index (χ3n) is 3.79. The Labute approximate surface area is 160 Å². The Balaban J connectivity index is 1.91. The molecule has 0 bridgehead atoms. The first kappa shape index (κ1) is 20.6. The fourth-order valence-corrected chi connectivity index (χ4v) is 2.48. The second-order valence-electron chi connectivity index (χ2n) is 6.00. The van der Waals surface area contributed by atoms with Gasteiger partial charge in [-0.2, -0.15) is 0 Å². The van der Waals surface area contributed by atoms with E-state index < -0.39 is 6.10 Å². The standard InChI is InChI=1S/C21H27NO5/c1-4-25-18-10-16(11-19(12-18)26-5-2)21(24)22-13-17(23)14-27-20-9-7-6-8-15(20)3/h6-12,17,23H,4-5,13-14H2,1-3H3,(H,22,24). The zero-order valence-electron chi connectivity index (χ0n) is 16.0. The van der Waals surface area contributed by atoms with Gasteiger partial charge in [0.25, 0.3) is 5.91 Å². The number of para-hydroxylation sites is 1. The van der Waals surface area contributed by atoms with E-state index in [4.69, 9.17) is 14.2 Å². The molecule has 1 amide bonds. The molecule has 0 saturated heterocycles. The van der Waals surface area contributed by atoms with Crippen molar-refractivity contribution in [2.45, 2.75) is 26.9 Å². The van der Waals surface area contributed by atoms with Crippen molar-refractivity contribution >= 4 is 5.91 Å². The number of benzene rings is 2. The minimum absolute atomic E-state index is 0.0769. The number of ether oxygens (including phenoxy) is 3. The Morgan fingerprint density at radius 2 is 1.67 bits per heavy atom. The number of hydrogen-bond donors (Lipinski definition) is 2. The van der Waals surface area contributed by atoms with E-state index in [9.17, 15) is 9.90 Å². The first-order valence-corrected chi connectivity index (χ1v) is 9.08. The molecular weight excluding hydrogens is 346 g/mol. The summed E-state index contributed by atoms with van der Waals surface area (Å²) < 4.78 is 16.6. The highest BCUT2D eigenvalue weighted by atomic mass is 16.5. The molecule has 0 fully saturated rings. The van der Waals surface area contributed by atoms with E-state index in [0.29, 0.717) is 36.0 Å². The maximum Gasteiger partial charge on any atom is 0.251 e. The van der Waals surface area contributed by atoms with E-state index in [0.717, 1.165) is 5.56 Å². The van der Waals surface area contributed by atoms with Crippen LogP contribution in [0.4, 0.5) is 0 Å². The van der Waals surface area contributed by atoms with E-state index in [1.807, 2.05) is 45.0 Å². The highest BCUT2D eigenvalue weighted by Gasteiger charge is 2.13. The summed E-state index contributed by atoms with van der Waals surface area (Å²) in [7, 11) is 0. The van der Waals surface area contributed by atoms with Crippen molar-refractivity contribution in [3.63, 3.8) is 0 Å². The van der Waals surface area contributed by atoms with E-state index in [2.05, 4.69) is 5.32 Å². The first-order valence-electron chi connectivity index (χ1n) is 9.08. The number of carbonyl (C=O) groups is 1. The van der Waals surface area contributed by atoms with Gasteiger partial charge in [0.15, 0.2) is 0 Å². The minimum atomic E-state index is -0.824. The van der Waals surface area contributed by atoms with E-state index in [-0.39, 0.29) is 19.1 Å². The highest BCUT2D eigenvalue weighted by Crippen LogP contribution is 2.23. The molecule has 2 rings (SSSR count). The summed E-state index contributed by atoms with van der Waals surface area (Å²) in [5.74, 6) is 1.54. The normalized spacial score (nSPS) is 11.6. The fraction of sp³-hybridized carbons (Fsp3) is 0.381. The molecule has 0 aromatic heterocycles. The molecule has 146 valence electrons. The van der Waals surface area contributed by atoms with Gasteiger partial charge in [0.05, 0.1) is 13.2 Å². The molecule has 1 atom stereocenters. The second kappa shape index (κ2) is 10.4. The molecule has 0 saturated carbocycles. The fourth-order valence-electron chi connectivity index (χ4n) is 2.48. The lowest BCUT2D eigenvalue weighted by Gasteiger charge is -2.15. The quantitative estimate of drug-likeness (QED) is 0.670. The van der Waals surface area contributed by atoms with Crippen LogP contribution in [0.3, 0.4) is 0 Å². The molecule has 6 nitrogen and oxygen atoms in total. The molecule has 0 spiro atoms. The molecule has 2 aromatic rings. The Kier molecular flexibility index (Phi) is 7.95. The highest BCUT2D eigenvalue weighted by molar-refractivity contribution is 5.95. The number of aliphatic hydroxyl groups is 1. The van der Waals surface area contributed by atoms with Crippen LogP contribution in [0, 0.1) is 6.92 Å². The predicted octanol–water partition coefficient (Wildman–Crippen LogP) is 2.96. The minimum Gasteiger partial charge on any atom is -0.494 e. The third-order valence-corrected chi connectivity index (χ3v) is 3.79. The van der Waals surface area contributed by atoms with Crippen LogP contribution in [0.15, 0.2) is 42.5 Å². The van der Waals surface area contributed by atoms with Gasteiger partial charge in [0.1, 0.15) is 30.0 Å². The van der Waals surface area contributed by atoms with Crippen molar-refractivity contribution in [3.05, 3.63) is 53.6 Å². The van der Waals surface area contributed by atoms with Crippen molar-refractivity contribution in [1.82, 2.24) is 5.32 Å². The van der Waals surface area contributed by atoms with Gasteiger partial charge in [-0.1, -0.05) is 18.2 Å². The smallest absolute Gasteiger partial charge is 0.251 e. The molecule has 2 N–H and O–H groups in total. The van der Waals surface area contributed by atoms with Gasteiger partial charge in [-0.05, 0) is 44.5 Å². The maximum absolute atomic E-state index is 12.4. The number of rotatable bonds is 10. The molecule has 6 heteroatoms. The van der Waals surface area contributed by atoms with Crippen LogP contribution in [-0.4, -0.2) is 43.5 Å². The van der Waals surface area contributed by atoms with E-state index >= 15 is 0 Å². The van der Waals surface area contributed by atoms with Crippen LogP contribution in [0.5, 0.6) is 17.2 Å². The first-order chi connectivity index (χ1) is 13.0. The zero-order valence-corrected chi connectivity index (χ0v) is 16.0. The van der Waals surface area contributed by atoms with Crippen molar-refractivity contribution in [3.8, 4) is 17.2 Å². The summed E-state index contributed by atoms with van der Waals surface area (Å²) in [6.07, 6.45) is -0.824.